The molecule has 0 saturated carbocycles. The summed E-state index contributed by atoms with van der Waals surface area (Å²) in [5, 5.41) is 0. The van der Waals surface area contributed by atoms with Gasteiger partial charge in [0.25, 0.3) is 0 Å². The van der Waals surface area contributed by atoms with Gasteiger partial charge in [0.05, 0.1) is 0 Å². The second kappa shape index (κ2) is 9.55. The molecule has 0 heterocycles. The highest BCUT2D eigenvalue weighted by Crippen LogP contribution is 2.19. The van der Waals surface area contributed by atoms with Crippen LogP contribution in [0.4, 0.5) is 0 Å². The molecular formula is C14H28. The molecule has 0 heteroatoms. The number of hydrogen-bond donors (Lipinski definition) is 0. The van der Waals surface area contributed by atoms with Gasteiger partial charge in [-0.2, -0.15) is 0 Å². The molecule has 0 N–H and O–H groups in total. The molecular weight excluding hydrogens is 168 g/mol. The SMILES string of the molecule is [CH2]CCC(C[CH2])CCCCCC(C)C. The van der Waals surface area contributed by atoms with Gasteiger partial charge in [-0.3, -0.25) is 0 Å². The molecule has 0 aliphatic heterocycles. The van der Waals surface area contributed by atoms with Crippen LogP contribution in [0.15, 0.2) is 0 Å². The molecule has 0 fully saturated rings. The highest BCUT2D eigenvalue weighted by atomic mass is 14.1. The van der Waals surface area contributed by atoms with Crippen LogP contribution in [-0.2, 0) is 0 Å². The Morgan fingerprint density at radius 2 is 1.50 bits per heavy atom. The molecule has 0 aromatic heterocycles. The molecule has 0 aliphatic carbocycles. The molecule has 0 rings (SSSR count). The third-order valence-corrected chi connectivity index (χ3v) is 2.91. The quantitative estimate of drug-likeness (QED) is 0.453. The summed E-state index contributed by atoms with van der Waals surface area (Å²) in [5.74, 6) is 1.71. The normalized spacial score (nSPS) is 13.5. The van der Waals surface area contributed by atoms with Gasteiger partial charge in [0.1, 0.15) is 0 Å². The number of hydrogen-bond acceptors (Lipinski definition) is 0. The summed E-state index contributed by atoms with van der Waals surface area (Å²) >= 11 is 0. The summed E-state index contributed by atoms with van der Waals surface area (Å²) in [6.45, 7) is 12.5. The second-order valence-corrected chi connectivity index (χ2v) is 4.83. The van der Waals surface area contributed by atoms with Crippen molar-refractivity contribution < 1.29 is 0 Å². The van der Waals surface area contributed by atoms with Gasteiger partial charge in [0.2, 0.25) is 0 Å². The lowest BCUT2D eigenvalue weighted by Gasteiger charge is -2.13. The van der Waals surface area contributed by atoms with E-state index in [1.807, 2.05) is 0 Å². The average molecular weight is 196 g/mol. The predicted molar refractivity (Wildman–Crippen MR) is 66.0 cm³/mol. The fourth-order valence-electron chi connectivity index (χ4n) is 1.88. The van der Waals surface area contributed by atoms with Crippen LogP contribution in [0.3, 0.4) is 0 Å². The van der Waals surface area contributed by atoms with Crippen LogP contribution in [-0.4, -0.2) is 0 Å². The van der Waals surface area contributed by atoms with Gasteiger partial charge in [-0.25, -0.2) is 0 Å². The first kappa shape index (κ1) is 14.0. The fourth-order valence-corrected chi connectivity index (χ4v) is 1.88. The van der Waals surface area contributed by atoms with E-state index in [-0.39, 0.29) is 0 Å². The van der Waals surface area contributed by atoms with Crippen molar-refractivity contribution >= 4 is 0 Å². The van der Waals surface area contributed by atoms with Crippen molar-refractivity contribution in [3.05, 3.63) is 13.8 Å². The first-order chi connectivity index (χ1) is 6.70. The largest absolute Gasteiger partial charge is 0.0628 e. The Morgan fingerprint density at radius 1 is 0.857 bits per heavy atom. The minimum absolute atomic E-state index is 0.839. The molecule has 1 unspecified atom stereocenters. The summed E-state index contributed by atoms with van der Waals surface area (Å²) in [6.07, 6.45) is 10.4. The number of rotatable bonds is 9. The predicted octanol–water partition coefficient (Wildman–Crippen LogP) is 5.05. The van der Waals surface area contributed by atoms with Gasteiger partial charge in [-0.1, -0.05) is 79.1 Å². The minimum Gasteiger partial charge on any atom is -0.0628 e. The summed E-state index contributed by atoms with van der Waals surface area (Å²) in [5.41, 5.74) is 0. The minimum atomic E-state index is 0.839. The Balaban J connectivity index is 3.24. The molecule has 14 heavy (non-hydrogen) atoms. The maximum atomic E-state index is 4.00. The van der Waals surface area contributed by atoms with Crippen LogP contribution in [0.2, 0.25) is 0 Å². The third-order valence-electron chi connectivity index (χ3n) is 2.91. The van der Waals surface area contributed by atoms with Gasteiger partial charge in [-0.15, -0.1) is 0 Å². The summed E-state index contributed by atoms with van der Waals surface area (Å²) in [6, 6.07) is 0. The van der Waals surface area contributed by atoms with Crippen molar-refractivity contribution in [3.8, 4) is 0 Å². The fraction of sp³-hybridized carbons (Fsp3) is 0.857. The van der Waals surface area contributed by atoms with Crippen LogP contribution in [0.1, 0.15) is 65.2 Å². The van der Waals surface area contributed by atoms with Gasteiger partial charge >= 0.3 is 0 Å². The highest BCUT2D eigenvalue weighted by Gasteiger charge is 2.04. The van der Waals surface area contributed by atoms with Crippen molar-refractivity contribution in [2.45, 2.75) is 65.2 Å². The molecule has 84 valence electrons. The van der Waals surface area contributed by atoms with Crippen LogP contribution >= 0.6 is 0 Å². The molecule has 2 radical (unpaired) electrons. The highest BCUT2D eigenvalue weighted by molar-refractivity contribution is 4.62. The maximum absolute atomic E-state index is 4.00. The third kappa shape index (κ3) is 8.59. The first-order valence-electron chi connectivity index (χ1n) is 6.29. The molecule has 0 spiro atoms. The van der Waals surface area contributed by atoms with Crippen molar-refractivity contribution in [3.63, 3.8) is 0 Å². The standard InChI is InChI=1S/C14H28/c1-5-10-14(6-2)12-9-7-8-11-13(3)4/h13-14H,1-2,5-12H2,3-4H3. The van der Waals surface area contributed by atoms with E-state index in [1.165, 1.54) is 38.5 Å². The summed E-state index contributed by atoms with van der Waals surface area (Å²) in [4.78, 5) is 0. The van der Waals surface area contributed by atoms with E-state index < -0.39 is 0 Å². The van der Waals surface area contributed by atoms with Crippen LogP contribution in [0, 0.1) is 25.7 Å². The molecule has 0 aromatic carbocycles. The van der Waals surface area contributed by atoms with Crippen molar-refractivity contribution in [2.75, 3.05) is 0 Å². The molecule has 0 aromatic rings. The van der Waals surface area contributed by atoms with Gasteiger partial charge in [-0.05, 0) is 11.8 Å². The molecule has 0 aliphatic rings. The van der Waals surface area contributed by atoms with Crippen molar-refractivity contribution in [1.29, 1.82) is 0 Å². The van der Waals surface area contributed by atoms with Crippen molar-refractivity contribution in [1.82, 2.24) is 0 Å². The second-order valence-electron chi connectivity index (χ2n) is 4.83. The van der Waals surface area contributed by atoms with E-state index in [2.05, 4.69) is 27.7 Å². The molecule has 0 saturated heterocycles. The van der Waals surface area contributed by atoms with Crippen molar-refractivity contribution in [2.24, 2.45) is 11.8 Å². The Bertz CT molecular complexity index is 105. The Morgan fingerprint density at radius 3 is 2.00 bits per heavy atom. The Hall–Kier alpha value is 0. The van der Waals surface area contributed by atoms with E-state index in [4.69, 9.17) is 0 Å². The smallest absolute Gasteiger partial charge is 0.0414 e. The van der Waals surface area contributed by atoms with E-state index in [1.54, 1.807) is 0 Å². The monoisotopic (exact) mass is 196 g/mol. The topological polar surface area (TPSA) is 0 Å². The Kier molecular flexibility index (Phi) is 9.55. The molecule has 0 nitrogen and oxygen atoms in total. The zero-order valence-electron chi connectivity index (χ0n) is 10.2. The molecule has 0 amide bonds. The summed E-state index contributed by atoms with van der Waals surface area (Å²) < 4.78 is 0. The van der Waals surface area contributed by atoms with E-state index in [9.17, 15) is 0 Å². The zero-order valence-corrected chi connectivity index (χ0v) is 10.2. The van der Waals surface area contributed by atoms with Gasteiger partial charge in [0, 0.05) is 0 Å². The van der Waals surface area contributed by atoms with Crippen LogP contribution < -0.4 is 0 Å². The lowest BCUT2D eigenvalue weighted by molar-refractivity contribution is 0.422. The summed E-state index contributed by atoms with van der Waals surface area (Å²) in [7, 11) is 0. The van der Waals surface area contributed by atoms with Crippen LogP contribution in [0.25, 0.3) is 0 Å². The average Bonchev–Trinajstić information content (AvgIpc) is 2.15. The van der Waals surface area contributed by atoms with Gasteiger partial charge < -0.3 is 0 Å². The lowest BCUT2D eigenvalue weighted by atomic mass is 9.93. The molecule has 0 bridgehead atoms. The van der Waals surface area contributed by atoms with E-state index in [0.717, 1.165) is 24.7 Å². The lowest BCUT2D eigenvalue weighted by Crippen LogP contribution is -1.98. The molecule has 1 atom stereocenters. The van der Waals surface area contributed by atoms with E-state index >= 15 is 0 Å². The van der Waals surface area contributed by atoms with Gasteiger partial charge in [0.15, 0.2) is 0 Å². The maximum Gasteiger partial charge on any atom is -0.0414 e. The van der Waals surface area contributed by atoms with E-state index in [0.29, 0.717) is 0 Å². The first-order valence-corrected chi connectivity index (χ1v) is 6.29. The zero-order chi connectivity index (χ0) is 10.8. The van der Waals surface area contributed by atoms with Crippen LogP contribution in [0.5, 0.6) is 0 Å². The number of unbranched alkanes of at least 4 members (excludes halogenated alkanes) is 2. The Labute approximate surface area is 91.5 Å².